The summed E-state index contributed by atoms with van der Waals surface area (Å²) in [6.07, 6.45) is 2.02. The predicted molar refractivity (Wildman–Crippen MR) is 86.0 cm³/mol. The van der Waals surface area contributed by atoms with E-state index in [2.05, 4.69) is 10.4 Å². The van der Waals surface area contributed by atoms with Gasteiger partial charge in [0.1, 0.15) is 0 Å². The van der Waals surface area contributed by atoms with Crippen LogP contribution < -0.4 is 10.1 Å². The van der Waals surface area contributed by atoms with Crippen LogP contribution in [-0.2, 0) is 29.9 Å². The zero-order valence-corrected chi connectivity index (χ0v) is 14.1. The van der Waals surface area contributed by atoms with Gasteiger partial charge in [-0.25, -0.2) is 13.1 Å². The number of rotatable bonds is 6. The molecule has 0 aliphatic rings. The van der Waals surface area contributed by atoms with Crippen LogP contribution >= 0.6 is 0 Å². The molecule has 0 amide bonds. The van der Waals surface area contributed by atoms with E-state index in [9.17, 15) is 8.42 Å². The van der Waals surface area contributed by atoms with E-state index in [1.807, 2.05) is 14.0 Å². The number of sulfone groups is 1. The lowest BCUT2D eigenvalue weighted by molar-refractivity contribution is 0.370. The zero-order valence-electron chi connectivity index (χ0n) is 13.3. The summed E-state index contributed by atoms with van der Waals surface area (Å²) >= 11 is 0. The molecule has 0 unspecified atom stereocenters. The molecule has 0 aliphatic heterocycles. The van der Waals surface area contributed by atoms with Crippen LogP contribution in [0.25, 0.3) is 0 Å². The van der Waals surface area contributed by atoms with Crippen LogP contribution in [0.15, 0.2) is 29.2 Å². The van der Waals surface area contributed by atoms with Crippen molar-refractivity contribution < 1.29 is 13.2 Å². The maximum absolute atomic E-state index is 11.4. The lowest BCUT2D eigenvalue weighted by Gasteiger charge is -2.09. The van der Waals surface area contributed by atoms with E-state index in [1.165, 1.54) is 6.26 Å². The Morgan fingerprint density at radius 1 is 1.27 bits per heavy atom. The van der Waals surface area contributed by atoms with Gasteiger partial charge in [0.25, 0.3) is 0 Å². The quantitative estimate of drug-likeness (QED) is 0.880. The molecule has 6 nitrogen and oxygen atoms in total. The number of aryl methyl sites for hydroxylation is 2. The number of ether oxygens (including phenoxy) is 1. The van der Waals surface area contributed by atoms with Crippen LogP contribution in [-0.4, -0.2) is 31.6 Å². The lowest BCUT2D eigenvalue weighted by Crippen LogP contribution is -2.04. The highest BCUT2D eigenvalue weighted by Gasteiger charge is 2.15. The monoisotopic (exact) mass is 323 g/mol. The van der Waals surface area contributed by atoms with Crippen molar-refractivity contribution in [2.45, 2.75) is 24.8 Å². The Morgan fingerprint density at radius 3 is 2.41 bits per heavy atom. The molecule has 22 heavy (non-hydrogen) atoms. The SMILES string of the molecule is CCc1nn(C)c(OC)c1CNc1ccc(S(C)(=O)=O)cc1. The van der Waals surface area contributed by atoms with Crippen molar-refractivity contribution in [3.63, 3.8) is 0 Å². The Hall–Kier alpha value is -2.02. The first kappa shape index (κ1) is 16.4. The molecule has 1 aromatic carbocycles. The van der Waals surface area contributed by atoms with Gasteiger partial charge in [-0.1, -0.05) is 6.92 Å². The van der Waals surface area contributed by atoms with Gasteiger partial charge < -0.3 is 10.1 Å². The molecular formula is C15H21N3O3S. The van der Waals surface area contributed by atoms with E-state index >= 15 is 0 Å². The molecule has 1 heterocycles. The molecule has 0 aliphatic carbocycles. The Kier molecular flexibility index (Phi) is 4.75. The number of methoxy groups -OCH3 is 1. The van der Waals surface area contributed by atoms with Gasteiger partial charge in [-0.05, 0) is 30.7 Å². The average molecular weight is 323 g/mol. The number of hydrogen-bond donors (Lipinski definition) is 1. The van der Waals surface area contributed by atoms with Crippen LogP contribution in [0.4, 0.5) is 5.69 Å². The first-order chi connectivity index (χ1) is 10.4. The molecule has 7 heteroatoms. The number of hydrogen-bond acceptors (Lipinski definition) is 5. The molecule has 2 rings (SSSR count). The third-order valence-corrected chi connectivity index (χ3v) is 4.58. The number of anilines is 1. The molecule has 0 atom stereocenters. The molecule has 0 saturated carbocycles. The summed E-state index contributed by atoms with van der Waals surface area (Å²) in [5.41, 5.74) is 2.85. The summed E-state index contributed by atoms with van der Waals surface area (Å²) in [5, 5.41) is 7.71. The summed E-state index contributed by atoms with van der Waals surface area (Å²) in [4.78, 5) is 0.311. The van der Waals surface area contributed by atoms with Gasteiger partial charge in [0.05, 0.1) is 23.3 Å². The van der Waals surface area contributed by atoms with Crippen molar-refractivity contribution in [3.05, 3.63) is 35.5 Å². The molecule has 120 valence electrons. The zero-order chi connectivity index (χ0) is 16.3. The highest BCUT2D eigenvalue weighted by molar-refractivity contribution is 7.90. The summed E-state index contributed by atoms with van der Waals surface area (Å²) in [6, 6.07) is 6.70. The fourth-order valence-corrected chi connectivity index (χ4v) is 2.96. The summed E-state index contributed by atoms with van der Waals surface area (Å²) in [5.74, 6) is 0.733. The van der Waals surface area contributed by atoms with Gasteiger partial charge in [-0.3, -0.25) is 0 Å². The van der Waals surface area contributed by atoms with E-state index in [4.69, 9.17) is 4.74 Å². The minimum atomic E-state index is -3.17. The minimum absolute atomic E-state index is 0.311. The van der Waals surface area contributed by atoms with E-state index in [-0.39, 0.29) is 0 Å². The maximum Gasteiger partial charge on any atom is 0.216 e. The van der Waals surface area contributed by atoms with Gasteiger partial charge in [0.15, 0.2) is 9.84 Å². The second-order valence-corrected chi connectivity index (χ2v) is 7.08. The van der Waals surface area contributed by atoms with Gasteiger partial charge >= 0.3 is 0 Å². The molecule has 2 aromatic rings. The van der Waals surface area contributed by atoms with Crippen molar-refractivity contribution in [2.75, 3.05) is 18.7 Å². The predicted octanol–water partition coefficient (Wildman–Crippen LogP) is 2.01. The molecule has 0 radical (unpaired) electrons. The van der Waals surface area contributed by atoms with Crippen molar-refractivity contribution >= 4 is 15.5 Å². The summed E-state index contributed by atoms with van der Waals surface area (Å²) in [6.45, 7) is 2.62. The van der Waals surface area contributed by atoms with Gasteiger partial charge in [0.2, 0.25) is 5.88 Å². The van der Waals surface area contributed by atoms with Crippen LogP contribution in [0, 0.1) is 0 Å². The average Bonchev–Trinajstić information content (AvgIpc) is 2.79. The Balaban J connectivity index is 2.17. The number of nitrogens with one attached hydrogen (secondary N) is 1. The Bertz CT molecular complexity index is 749. The van der Waals surface area contributed by atoms with Crippen molar-refractivity contribution in [3.8, 4) is 5.88 Å². The second kappa shape index (κ2) is 6.39. The van der Waals surface area contributed by atoms with Gasteiger partial charge in [-0.2, -0.15) is 5.10 Å². The largest absolute Gasteiger partial charge is 0.481 e. The van der Waals surface area contributed by atoms with E-state index in [0.29, 0.717) is 11.4 Å². The first-order valence-corrected chi connectivity index (χ1v) is 8.88. The molecule has 0 bridgehead atoms. The summed E-state index contributed by atoms with van der Waals surface area (Å²) < 4.78 is 30.0. The number of aromatic nitrogens is 2. The smallest absolute Gasteiger partial charge is 0.216 e. The molecular weight excluding hydrogens is 302 g/mol. The number of benzene rings is 1. The topological polar surface area (TPSA) is 73.2 Å². The van der Waals surface area contributed by atoms with Crippen molar-refractivity contribution in [2.24, 2.45) is 7.05 Å². The van der Waals surface area contributed by atoms with E-state index in [1.54, 1.807) is 36.1 Å². The molecule has 0 saturated heterocycles. The van der Waals surface area contributed by atoms with Gasteiger partial charge in [0, 0.05) is 25.5 Å². The maximum atomic E-state index is 11.4. The standard InChI is InChI=1S/C15H21N3O3S/c1-5-14-13(15(21-3)18(2)17-14)10-16-11-6-8-12(9-7-11)22(4,19)20/h6-9,16H,5,10H2,1-4H3. The van der Waals surface area contributed by atoms with Crippen LogP contribution in [0.5, 0.6) is 5.88 Å². The highest BCUT2D eigenvalue weighted by Crippen LogP contribution is 2.23. The third-order valence-electron chi connectivity index (χ3n) is 3.45. The first-order valence-electron chi connectivity index (χ1n) is 6.99. The van der Waals surface area contributed by atoms with E-state index in [0.717, 1.165) is 29.2 Å². The summed E-state index contributed by atoms with van der Waals surface area (Å²) in [7, 11) is 0.310. The van der Waals surface area contributed by atoms with E-state index < -0.39 is 9.84 Å². The fourth-order valence-electron chi connectivity index (χ4n) is 2.33. The van der Waals surface area contributed by atoms with Crippen molar-refractivity contribution in [1.82, 2.24) is 9.78 Å². The van der Waals surface area contributed by atoms with Crippen molar-refractivity contribution in [1.29, 1.82) is 0 Å². The third kappa shape index (κ3) is 3.41. The fraction of sp³-hybridized carbons (Fsp3) is 0.400. The molecule has 0 fully saturated rings. The molecule has 0 spiro atoms. The lowest BCUT2D eigenvalue weighted by atomic mass is 10.2. The van der Waals surface area contributed by atoms with Crippen LogP contribution in [0.1, 0.15) is 18.2 Å². The van der Waals surface area contributed by atoms with Crippen LogP contribution in [0.2, 0.25) is 0 Å². The second-order valence-electron chi connectivity index (χ2n) is 5.06. The molecule has 1 aromatic heterocycles. The Labute approximate surface area is 131 Å². The highest BCUT2D eigenvalue weighted by atomic mass is 32.2. The minimum Gasteiger partial charge on any atom is -0.481 e. The molecule has 1 N–H and O–H groups in total. The number of nitrogens with zero attached hydrogens (tertiary/aromatic N) is 2. The normalized spacial score (nSPS) is 11.5. The van der Waals surface area contributed by atoms with Gasteiger partial charge in [-0.15, -0.1) is 0 Å². The van der Waals surface area contributed by atoms with Crippen LogP contribution in [0.3, 0.4) is 0 Å². The Morgan fingerprint density at radius 2 is 1.91 bits per heavy atom.